The maximum Gasteiger partial charge on any atom is 0.229 e. The lowest BCUT2D eigenvalue weighted by atomic mass is 9.77. The van der Waals surface area contributed by atoms with Crippen molar-refractivity contribution < 1.29 is 9.53 Å². The van der Waals surface area contributed by atoms with Crippen LogP contribution in [0.15, 0.2) is 9.98 Å². The Balaban J connectivity index is 1.89. The highest BCUT2D eigenvalue weighted by molar-refractivity contribution is 9.11. The van der Waals surface area contributed by atoms with Crippen molar-refractivity contribution in [1.29, 1.82) is 0 Å². The molecule has 0 radical (unpaired) electrons. The lowest BCUT2D eigenvalue weighted by Gasteiger charge is -2.39. The Labute approximate surface area is 107 Å². The number of halogens is 1. The molecule has 16 heavy (non-hydrogen) atoms. The largest absolute Gasteiger partial charge is 0.378 e. The second-order valence-electron chi connectivity index (χ2n) is 3.94. The van der Waals surface area contributed by atoms with Crippen LogP contribution in [0.25, 0.3) is 0 Å². The van der Waals surface area contributed by atoms with Gasteiger partial charge in [-0.25, -0.2) is 4.98 Å². The van der Waals surface area contributed by atoms with Crippen LogP contribution in [-0.4, -0.2) is 23.6 Å². The molecule has 0 aromatic carbocycles. The van der Waals surface area contributed by atoms with Crippen molar-refractivity contribution in [3.05, 3.63) is 9.98 Å². The number of carbonyl (C=O) groups excluding carboxylic acids is 1. The van der Waals surface area contributed by atoms with E-state index in [2.05, 4.69) is 26.2 Å². The number of hydrogen-bond donors (Lipinski definition) is 1. The van der Waals surface area contributed by atoms with Crippen LogP contribution in [0.5, 0.6) is 0 Å². The first-order valence-corrected chi connectivity index (χ1v) is 6.71. The third kappa shape index (κ3) is 2.61. The molecule has 1 fully saturated rings. The van der Waals surface area contributed by atoms with Crippen LogP contribution in [0, 0.1) is 0 Å². The van der Waals surface area contributed by atoms with Crippen LogP contribution in [0.4, 0.5) is 5.13 Å². The van der Waals surface area contributed by atoms with E-state index >= 15 is 0 Å². The molecule has 0 saturated heterocycles. The van der Waals surface area contributed by atoms with Crippen LogP contribution in [0.2, 0.25) is 0 Å². The minimum Gasteiger partial charge on any atom is -0.378 e. The topological polar surface area (TPSA) is 51.2 Å². The summed E-state index contributed by atoms with van der Waals surface area (Å²) in [7, 11) is 1.67. The second-order valence-corrected chi connectivity index (χ2v) is 6.35. The number of hydrogen-bond acceptors (Lipinski definition) is 4. The summed E-state index contributed by atoms with van der Waals surface area (Å²) in [5, 5.41) is 3.41. The number of anilines is 1. The summed E-state index contributed by atoms with van der Waals surface area (Å²) < 4.78 is 6.31. The van der Waals surface area contributed by atoms with Gasteiger partial charge in [-0.1, -0.05) is 11.3 Å². The van der Waals surface area contributed by atoms with Gasteiger partial charge in [0.05, 0.1) is 22.0 Å². The molecule has 1 aliphatic rings. The molecular weight excluding hydrogens is 292 g/mol. The van der Waals surface area contributed by atoms with Gasteiger partial charge < -0.3 is 10.1 Å². The first kappa shape index (κ1) is 12.0. The fourth-order valence-electron chi connectivity index (χ4n) is 1.79. The lowest BCUT2D eigenvalue weighted by Crippen LogP contribution is -2.42. The molecule has 4 nitrogen and oxygen atoms in total. The number of rotatable bonds is 4. The monoisotopic (exact) mass is 304 g/mol. The molecule has 0 spiro atoms. The minimum absolute atomic E-state index is 0.0246. The van der Waals surface area contributed by atoms with Gasteiger partial charge in [-0.3, -0.25) is 4.79 Å². The summed E-state index contributed by atoms with van der Waals surface area (Å²) in [5.74, 6) is -0.0246. The highest BCUT2D eigenvalue weighted by atomic mass is 79.9. The zero-order valence-electron chi connectivity index (χ0n) is 8.96. The van der Waals surface area contributed by atoms with Crippen LogP contribution in [-0.2, 0) is 9.53 Å². The SMILES string of the molecule is COC1(CC(=O)Nc2ncc(Br)s2)CCC1. The van der Waals surface area contributed by atoms with E-state index in [0.29, 0.717) is 11.6 Å². The first-order valence-electron chi connectivity index (χ1n) is 5.10. The van der Waals surface area contributed by atoms with Gasteiger partial charge in [0, 0.05) is 7.11 Å². The molecule has 2 rings (SSSR count). The van der Waals surface area contributed by atoms with Gasteiger partial charge in [0.25, 0.3) is 0 Å². The smallest absolute Gasteiger partial charge is 0.229 e. The molecule has 0 bridgehead atoms. The predicted octanol–water partition coefficient (Wildman–Crippen LogP) is 2.80. The van der Waals surface area contributed by atoms with Crippen molar-refractivity contribution in [3.63, 3.8) is 0 Å². The molecule has 1 heterocycles. The van der Waals surface area contributed by atoms with Crippen molar-refractivity contribution >= 4 is 38.3 Å². The number of methoxy groups -OCH3 is 1. The third-order valence-corrected chi connectivity index (χ3v) is 4.30. The summed E-state index contributed by atoms with van der Waals surface area (Å²) in [5.41, 5.74) is -0.224. The Hall–Kier alpha value is -0.460. The molecule has 1 aromatic heterocycles. The van der Waals surface area contributed by atoms with Gasteiger partial charge in [0.1, 0.15) is 0 Å². The summed E-state index contributed by atoms with van der Waals surface area (Å²) >= 11 is 4.71. The van der Waals surface area contributed by atoms with Gasteiger partial charge in [-0.05, 0) is 35.2 Å². The Bertz CT molecular complexity index is 384. The average molecular weight is 305 g/mol. The molecule has 88 valence electrons. The highest BCUT2D eigenvalue weighted by Crippen LogP contribution is 2.38. The van der Waals surface area contributed by atoms with Gasteiger partial charge in [-0.15, -0.1) is 0 Å². The molecule has 6 heteroatoms. The molecule has 0 unspecified atom stereocenters. The van der Waals surface area contributed by atoms with Crippen molar-refractivity contribution in [2.24, 2.45) is 0 Å². The number of thiazole rings is 1. The summed E-state index contributed by atoms with van der Waals surface area (Å²) in [4.78, 5) is 15.8. The van der Waals surface area contributed by atoms with Crippen LogP contribution in [0.1, 0.15) is 25.7 Å². The standard InChI is InChI=1S/C10H13BrN2O2S/c1-15-10(3-2-4-10)5-8(14)13-9-12-6-7(11)16-9/h6H,2-5H2,1H3,(H,12,13,14). The van der Waals surface area contributed by atoms with E-state index in [9.17, 15) is 4.79 Å². The summed E-state index contributed by atoms with van der Waals surface area (Å²) in [6.07, 6.45) is 5.18. The molecule has 0 atom stereocenters. The Morgan fingerprint density at radius 2 is 2.50 bits per heavy atom. The van der Waals surface area contributed by atoms with Crippen LogP contribution in [0.3, 0.4) is 0 Å². The average Bonchev–Trinajstić information content (AvgIpc) is 2.57. The van der Waals surface area contributed by atoms with Crippen molar-refractivity contribution in [3.8, 4) is 0 Å². The van der Waals surface area contributed by atoms with E-state index in [1.54, 1.807) is 13.3 Å². The van der Waals surface area contributed by atoms with Crippen LogP contribution < -0.4 is 5.32 Å². The maximum atomic E-state index is 11.7. The fourth-order valence-corrected chi connectivity index (χ4v) is 2.92. The fraction of sp³-hybridized carbons (Fsp3) is 0.600. The van der Waals surface area contributed by atoms with Gasteiger partial charge in [-0.2, -0.15) is 0 Å². The zero-order valence-corrected chi connectivity index (χ0v) is 11.4. The second kappa shape index (κ2) is 4.81. The molecule has 1 amide bonds. The minimum atomic E-state index is -0.224. The molecule has 1 aliphatic carbocycles. The van der Waals surface area contributed by atoms with E-state index < -0.39 is 0 Å². The van der Waals surface area contributed by atoms with E-state index in [0.717, 1.165) is 23.0 Å². The Kier molecular flexibility index (Phi) is 3.61. The van der Waals surface area contributed by atoms with Gasteiger partial charge >= 0.3 is 0 Å². The third-order valence-electron chi connectivity index (χ3n) is 2.90. The lowest BCUT2D eigenvalue weighted by molar-refractivity contribution is -0.129. The maximum absolute atomic E-state index is 11.7. The van der Waals surface area contributed by atoms with E-state index in [4.69, 9.17) is 4.74 Å². The van der Waals surface area contributed by atoms with Crippen LogP contribution >= 0.6 is 27.3 Å². The molecular formula is C10H13BrN2O2S. The molecule has 1 saturated carbocycles. The first-order chi connectivity index (χ1) is 7.63. The van der Waals surface area contributed by atoms with E-state index in [1.807, 2.05) is 0 Å². The normalized spacial score (nSPS) is 17.9. The molecule has 1 N–H and O–H groups in total. The number of amides is 1. The molecule has 1 aromatic rings. The van der Waals surface area contributed by atoms with E-state index in [1.165, 1.54) is 11.3 Å². The summed E-state index contributed by atoms with van der Waals surface area (Å²) in [6.45, 7) is 0. The quantitative estimate of drug-likeness (QED) is 0.930. The van der Waals surface area contributed by atoms with Crippen molar-refractivity contribution in [2.45, 2.75) is 31.3 Å². The Morgan fingerprint density at radius 1 is 1.75 bits per heavy atom. The molecule has 0 aliphatic heterocycles. The Morgan fingerprint density at radius 3 is 2.94 bits per heavy atom. The van der Waals surface area contributed by atoms with E-state index in [-0.39, 0.29) is 11.5 Å². The predicted molar refractivity (Wildman–Crippen MR) is 66.7 cm³/mol. The highest BCUT2D eigenvalue weighted by Gasteiger charge is 2.39. The summed E-state index contributed by atoms with van der Waals surface area (Å²) in [6, 6.07) is 0. The zero-order chi connectivity index (χ0) is 11.6. The number of aromatic nitrogens is 1. The number of nitrogens with one attached hydrogen (secondary N) is 1. The number of ether oxygens (including phenoxy) is 1. The number of nitrogens with zero attached hydrogens (tertiary/aromatic N) is 1. The van der Waals surface area contributed by atoms with Gasteiger partial charge in [0.15, 0.2) is 5.13 Å². The number of carbonyl (C=O) groups is 1. The van der Waals surface area contributed by atoms with Crippen molar-refractivity contribution in [1.82, 2.24) is 4.98 Å². The van der Waals surface area contributed by atoms with Gasteiger partial charge in [0.2, 0.25) is 5.91 Å². The van der Waals surface area contributed by atoms with Crippen molar-refractivity contribution in [2.75, 3.05) is 12.4 Å².